The standard InChI is InChI=1S/C29H34N2O3/c1-30-17-3-4-18(30)12-23(11-17)33-21-7-9-25-26-10-8-22(16-28(26)29(32)27(25)15-21)34-24-13-19-5-6-20(14-24)31(19)2/h7-10,15-20,23-24H,3-6,11-14H2,1-2H3/t17-,18+,19-,20+,23?,24?. The molecule has 6 atom stereocenters. The maximum absolute atomic E-state index is 13.4. The number of benzene rings is 2. The number of nitrogens with zero attached hydrogens (tertiary/aromatic N) is 2. The summed E-state index contributed by atoms with van der Waals surface area (Å²) in [5.41, 5.74) is 3.55. The molecule has 5 nitrogen and oxygen atoms in total. The molecule has 4 saturated heterocycles. The molecular formula is C29H34N2O3. The fourth-order valence-corrected chi connectivity index (χ4v) is 7.48. The van der Waals surface area contributed by atoms with Gasteiger partial charge in [-0.3, -0.25) is 4.79 Å². The summed E-state index contributed by atoms with van der Waals surface area (Å²) >= 11 is 0. The second-order valence-electron chi connectivity index (χ2n) is 11.3. The number of rotatable bonds is 4. The van der Waals surface area contributed by atoms with Crippen LogP contribution in [0.4, 0.5) is 0 Å². The van der Waals surface area contributed by atoms with Crippen molar-refractivity contribution in [2.24, 2.45) is 0 Å². The quantitative estimate of drug-likeness (QED) is 0.556. The molecule has 0 saturated carbocycles. The molecule has 4 bridgehead atoms. The summed E-state index contributed by atoms with van der Waals surface area (Å²) in [6, 6.07) is 14.7. The third-order valence-corrected chi connectivity index (χ3v) is 9.48. The van der Waals surface area contributed by atoms with E-state index < -0.39 is 0 Å². The van der Waals surface area contributed by atoms with Crippen LogP contribution in [0, 0.1) is 0 Å². The van der Waals surface area contributed by atoms with Gasteiger partial charge in [-0.05, 0) is 113 Å². The Morgan fingerprint density at radius 2 is 1.00 bits per heavy atom. The second kappa shape index (κ2) is 7.82. The maximum atomic E-state index is 13.4. The predicted molar refractivity (Wildman–Crippen MR) is 132 cm³/mol. The van der Waals surface area contributed by atoms with Crippen LogP contribution in [0.2, 0.25) is 0 Å². The first-order valence-electron chi connectivity index (χ1n) is 13.1. The van der Waals surface area contributed by atoms with Gasteiger partial charge in [0.05, 0.1) is 0 Å². The van der Waals surface area contributed by atoms with E-state index in [-0.39, 0.29) is 18.0 Å². The first kappa shape index (κ1) is 21.0. The van der Waals surface area contributed by atoms with Crippen molar-refractivity contribution in [3.05, 3.63) is 47.5 Å². The average Bonchev–Trinajstić information content (AvgIpc) is 3.28. The lowest BCUT2D eigenvalue weighted by Gasteiger charge is -2.36. The van der Waals surface area contributed by atoms with Crippen LogP contribution < -0.4 is 9.47 Å². The van der Waals surface area contributed by atoms with Crippen LogP contribution in [0.5, 0.6) is 11.5 Å². The third-order valence-electron chi connectivity index (χ3n) is 9.48. The van der Waals surface area contributed by atoms with Gasteiger partial charge in [0.15, 0.2) is 5.78 Å². The molecule has 7 rings (SSSR count). The molecule has 2 aromatic carbocycles. The molecule has 0 radical (unpaired) electrons. The van der Waals surface area contributed by atoms with Gasteiger partial charge in [-0.25, -0.2) is 0 Å². The highest BCUT2D eigenvalue weighted by Crippen LogP contribution is 2.42. The predicted octanol–water partition coefficient (Wildman–Crippen LogP) is 4.91. The monoisotopic (exact) mass is 458 g/mol. The minimum Gasteiger partial charge on any atom is -0.490 e. The van der Waals surface area contributed by atoms with Gasteiger partial charge < -0.3 is 19.3 Å². The SMILES string of the molecule is CN1[C@@H]2CC[C@H]1CC(Oc1ccc3c(c1)C(=O)c1cc(OC4C[C@H]5CC[C@@H](C4)N5C)ccc1-3)C2. The fraction of sp³-hybridized carbons (Fsp3) is 0.552. The second-order valence-corrected chi connectivity index (χ2v) is 11.3. The van der Waals surface area contributed by atoms with Crippen molar-refractivity contribution in [3.63, 3.8) is 0 Å². The number of hydrogen-bond donors (Lipinski definition) is 0. The van der Waals surface area contributed by atoms with Gasteiger partial charge in [-0.2, -0.15) is 0 Å². The van der Waals surface area contributed by atoms with E-state index in [0.717, 1.165) is 59.4 Å². The van der Waals surface area contributed by atoms with Crippen molar-refractivity contribution in [3.8, 4) is 22.6 Å². The Hall–Kier alpha value is -2.37. The summed E-state index contributed by atoms with van der Waals surface area (Å²) in [6.07, 6.45) is 9.94. The van der Waals surface area contributed by atoms with E-state index in [4.69, 9.17) is 9.47 Å². The first-order valence-corrected chi connectivity index (χ1v) is 13.1. The summed E-state index contributed by atoms with van der Waals surface area (Å²) in [7, 11) is 4.50. The van der Waals surface area contributed by atoms with Gasteiger partial charge in [0, 0.05) is 35.3 Å². The number of piperidine rings is 2. The van der Waals surface area contributed by atoms with Gasteiger partial charge in [0.2, 0.25) is 0 Å². The Bertz CT molecular complexity index is 1030. The number of ether oxygens (including phenoxy) is 2. The van der Waals surface area contributed by atoms with Gasteiger partial charge in [0.1, 0.15) is 23.7 Å². The van der Waals surface area contributed by atoms with Crippen molar-refractivity contribution in [1.29, 1.82) is 0 Å². The minimum absolute atomic E-state index is 0.0905. The molecular weight excluding hydrogens is 424 g/mol. The Morgan fingerprint density at radius 1 is 0.618 bits per heavy atom. The molecule has 4 aliphatic heterocycles. The summed E-state index contributed by atoms with van der Waals surface area (Å²) in [5.74, 6) is 1.74. The molecule has 2 unspecified atom stereocenters. The molecule has 0 amide bonds. The van der Waals surface area contributed by atoms with Gasteiger partial charge in [-0.1, -0.05) is 0 Å². The van der Waals surface area contributed by atoms with Crippen molar-refractivity contribution >= 4 is 5.78 Å². The molecule has 5 heteroatoms. The van der Waals surface area contributed by atoms with Gasteiger partial charge in [0.25, 0.3) is 0 Å². The van der Waals surface area contributed by atoms with Crippen molar-refractivity contribution in [2.75, 3.05) is 14.1 Å². The number of fused-ring (bicyclic) bond motifs is 7. The van der Waals surface area contributed by atoms with Gasteiger partial charge >= 0.3 is 0 Å². The maximum Gasteiger partial charge on any atom is 0.194 e. The molecule has 4 heterocycles. The van der Waals surface area contributed by atoms with Crippen molar-refractivity contribution in [1.82, 2.24) is 9.80 Å². The van der Waals surface area contributed by atoms with Gasteiger partial charge in [-0.15, -0.1) is 0 Å². The fourth-order valence-electron chi connectivity index (χ4n) is 7.48. The van der Waals surface area contributed by atoms with E-state index in [0.29, 0.717) is 24.2 Å². The lowest BCUT2D eigenvalue weighted by molar-refractivity contribution is 0.0660. The van der Waals surface area contributed by atoms with E-state index in [1.165, 1.54) is 25.7 Å². The van der Waals surface area contributed by atoms with E-state index in [1.54, 1.807) is 0 Å². The summed E-state index contributed by atoms with van der Waals surface area (Å²) < 4.78 is 12.8. The first-order chi connectivity index (χ1) is 16.5. The van der Waals surface area contributed by atoms with Crippen LogP contribution in [-0.4, -0.2) is 66.1 Å². The largest absolute Gasteiger partial charge is 0.490 e. The van der Waals surface area contributed by atoms with E-state index in [2.05, 4.69) is 36.0 Å². The third kappa shape index (κ3) is 3.31. The molecule has 2 aromatic rings. The molecule has 0 N–H and O–H groups in total. The zero-order chi connectivity index (χ0) is 23.0. The molecule has 4 fully saturated rings. The van der Waals surface area contributed by atoms with Crippen LogP contribution in [0.15, 0.2) is 36.4 Å². The smallest absolute Gasteiger partial charge is 0.194 e. The Labute approximate surface area is 202 Å². The van der Waals surface area contributed by atoms with Crippen LogP contribution >= 0.6 is 0 Å². The Kier molecular flexibility index (Phi) is 4.82. The van der Waals surface area contributed by atoms with Crippen LogP contribution in [-0.2, 0) is 0 Å². The van der Waals surface area contributed by atoms with Crippen LogP contribution in [0.1, 0.15) is 67.3 Å². The number of carbonyl (C=O) groups is 1. The molecule has 1 aliphatic carbocycles. The highest BCUT2D eigenvalue weighted by Gasteiger charge is 2.40. The summed E-state index contributed by atoms with van der Waals surface area (Å²) in [4.78, 5) is 18.4. The number of hydrogen-bond acceptors (Lipinski definition) is 5. The Morgan fingerprint density at radius 3 is 1.38 bits per heavy atom. The highest BCUT2D eigenvalue weighted by molar-refractivity contribution is 6.22. The van der Waals surface area contributed by atoms with Crippen LogP contribution in [0.3, 0.4) is 0 Å². The van der Waals surface area contributed by atoms with Crippen molar-refractivity contribution < 1.29 is 14.3 Å². The zero-order valence-electron chi connectivity index (χ0n) is 20.2. The lowest BCUT2D eigenvalue weighted by Crippen LogP contribution is -2.43. The van der Waals surface area contributed by atoms with E-state index in [9.17, 15) is 4.79 Å². The van der Waals surface area contributed by atoms with E-state index >= 15 is 0 Å². The number of carbonyl (C=O) groups excluding carboxylic acids is 1. The summed E-state index contributed by atoms with van der Waals surface area (Å²) in [6.45, 7) is 0. The Balaban J connectivity index is 1.08. The topological polar surface area (TPSA) is 42.0 Å². The molecule has 0 spiro atoms. The lowest BCUT2D eigenvalue weighted by atomic mass is 10.00. The molecule has 5 aliphatic rings. The minimum atomic E-state index is 0.0905. The van der Waals surface area contributed by atoms with Crippen molar-refractivity contribution in [2.45, 2.75) is 87.7 Å². The van der Waals surface area contributed by atoms with E-state index in [1.807, 2.05) is 24.3 Å². The summed E-state index contributed by atoms with van der Waals surface area (Å²) in [5, 5.41) is 0. The number of ketones is 1. The normalized spacial score (nSPS) is 34.2. The highest BCUT2D eigenvalue weighted by atomic mass is 16.5. The molecule has 34 heavy (non-hydrogen) atoms. The van der Waals surface area contributed by atoms with Crippen LogP contribution in [0.25, 0.3) is 11.1 Å². The average molecular weight is 459 g/mol. The molecule has 178 valence electrons. The zero-order valence-corrected chi connectivity index (χ0v) is 20.2. The molecule has 0 aromatic heterocycles.